The predicted octanol–water partition coefficient (Wildman–Crippen LogP) is 1.80. The number of nitrogens with zero attached hydrogens (tertiary/aromatic N) is 3. The second kappa shape index (κ2) is 7.48. The Morgan fingerprint density at radius 2 is 1.54 bits per heavy atom. The van der Waals surface area contributed by atoms with Crippen molar-refractivity contribution < 1.29 is 18.7 Å². The molecule has 2 aliphatic heterocycles. The van der Waals surface area contributed by atoms with Crippen molar-refractivity contribution in [3.8, 4) is 0 Å². The summed E-state index contributed by atoms with van der Waals surface area (Å²) in [6, 6.07) is 4.07. The van der Waals surface area contributed by atoms with E-state index in [-0.39, 0.29) is 11.9 Å². The molecule has 0 bridgehead atoms. The van der Waals surface area contributed by atoms with E-state index in [2.05, 4.69) is 15.9 Å². The molecule has 24 heavy (non-hydrogen) atoms. The maximum absolute atomic E-state index is 13.4. The lowest BCUT2D eigenvalue weighted by molar-refractivity contribution is 0.0362. The van der Waals surface area contributed by atoms with Gasteiger partial charge in [0.1, 0.15) is 5.82 Å². The minimum Gasteiger partial charge on any atom is -0.378 e. The first-order valence-electron chi connectivity index (χ1n) is 7.92. The van der Waals surface area contributed by atoms with Gasteiger partial charge in [-0.25, -0.2) is 9.18 Å². The number of piperazine rings is 1. The number of rotatable bonds is 1. The molecular weight excluding hydrogens is 381 g/mol. The summed E-state index contributed by atoms with van der Waals surface area (Å²) < 4.78 is 19.2. The molecule has 8 heteroatoms. The van der Waals surface area contributed by atoms with Gasteiger partial charge in [-0.3, -0.25) is 4.79 Å². The molecule has 2 fully saturated rings. The van der Waals surface area contributed by atoms with Crippen LogP contribution in [0.5, 0.6) is 0 Å². The van der Waals surface area contributed by atoms with E-state index in [0.717, 1.165) is 0 Å². The summed E-state index contributed by atoms with van der Waals surface area (Å²) in [7, 11) is 0. The lowest BCUT2D eigenvalue weighted by atomic mass is 10.1. The number of ether oxygens (including phenoxy) is 1. The topological polar surface area (TPSA) is 53.1 Å². The lowest BCUT2D eigenvalue weighted by Gasteiger charge is -2.38. The Balaban J connectivity index is 1.59. The van der Waals surface area contributed by atoms with E-state index in [1.807, 2.05) is 0 Å². The molecule has 0 saturated carbocycles. The third-order valence-corrected chi connectivity index (χ3v) is 4.97. The Morgan fingerprint density at radius 3 is 2.21 bits per heavy atom. The van der Waals surface area contributed by atoms with Crippen LogP contribution in [-0.4, -0.2) is 79.1 Å². The monoisotopic (exact) mass is 399 g/mol. The maximum atomic E-state index is 13.4. The fourth-order valence-electron chi connectivity index (χ4n) is 2.89. The van der Waals surface area contributed by atoms with Crippen molar-refractivity contribution in [3.05, 3.63) is 34.1 Å². The third-order valence-electron chi connectivity index (χ3n) is 4.28. The van der Waals surface area contributed by atoms with Crippen molar-refractivity contribution in [2.45, 2.75) is 0 Å². The first kappa shape index (κ1) is 17.2. The van der Waals surface area contributed by atoms with Crippen LogP contribution >= 0.6 is 15.9 Å². The molecule has 1 aromatic carbocycles. The zero-order chi connectivity index (χ0) is 17.1. The van der Waals surface area contributed by atoms with Crippen LogP contribution in [0.4, 0.5) is 9.18 Å². The van der Waals surface area contributed by atoms with Gasteiger partial charge in [-0.2, -0.15) is 0 Å². The van der Waals surface area contributed by atoms with E-state index in [0.29, 0.717) is 62.5 Å². The Bertz CT molecular complexity index is 629. The number of benzene rings is 1. The number of carbonyl (C=O) groups excluding carboxylic acids is 2. The highest BCUT2D eigenvalue weighted by molar-refractivity contribution is 9.10. The van der Waals surface area contributed by atoms with Crippen molar-refractivity contribution in [2.75, 3.05) is 52.5 Å². The lowest BCUT2D eigenvalue weighted by Crippen LogP contribution is -2.55. The fraction of sp³-hybridized carbons (Fsp3) is 0.500. The summed E-state index contributed by atoms with van der Waals surface area (Å²) in [4.78, 5) is 30.2. The number of carbonyl (C=O) groups is 2. The number of morpholine rings is 1. The largest absolute Gasteiger partial charge is 0.378 e. The smallest absolute Gasteiger partial charge is 0.320 e. The standard InChI is InChI=1S/C16H19BrFN3O3/c17-14-2-1-12(18)11-13(14)15(22)19-3-5-20(6-4-19)16(23)21-7-9-24-10-8-21/h1-2,11H,3-10H2. The summed E-state index contributed by atoms with van der Waals surface area (Å²) >= 11 is 3.29. The summed E-state index contributed by atoms with van der Waals surface area (Å²) in [5, 5.41) is 0. The van der Waals surface area contributed by atoms with Crippen LogP contribution < -0.4 is 0 Å². The van der Waals surface area contributed by atoms with E-state index in [1.165, 1.54) is 18.2 Å². The molecule has 0 spiro atoms. The maximum Gasteiger partial charge on any atom is 0.320 e. The summed E-state index contributed by atoms with van der Waals surface area (Å²) in [6.07, 6.45) is 0. The van der Waals surface area contributed by atoms with Crippen LogP contribution in [0, 0.1) is 5.82 Å². The van der Waals surface area contributed by atoms with Gasteiger partial charge < -0.3 is 19.4 Å². The number of halogens is 2. The van der Waals surface area contributed by atoms with E-state index < -0.39 is 5.82 Å². The first-order valence-corrected chi connectivity index (χ1v) is 8.71. The quantitative estimate of drug-likeness (QED) is 0.723. The number of hydrogen-bond acceptors (Lipinski definition) is 3. The van der Waals surface area contributed by atoms with Crippen molar-refractivity contribution in [3.63, 3.8) is 0 Å². The van der Waals surface area contributed by atoms with Gasteiger partial charge in [0.05, 0.1) is 18.8 Å². The molecule has 3 amide bonds. The van der Waals surface area contributed by atoms with Crippen LogP contribution in [-0.2, 0) is 4.74 Å². The van der Waals surface area contributed by atoms with Crippen LogP contribution in [0.15, 0.2) is 22.7 Å². The zero-order valence-corrected chi connectivity index (χ0v) is 14.8. The molecule has 2 aliphatic rings. The molecule has 0 aromatic heterocycles. The second-order valence-corrected chi connectivity index (χ2v) is 6.64. The molecule has 130 valence electrons. The highest BCUT2D eigenvalue weighted by atomic mass is 79.9. The van der Waals surface area contributed by atoms with E-state index in [9.17, 15) is 14.0 Å². The van der Waals surface area contributed by atoms with Gasteiger partial charge in [0.2, 0.25) is 0 Å². The Kier molecular flexibility index (Phi) is 5.35. The van der Waals surface area contributed by atoms with Crippen molar-refractivity contribution in [2.24, 2.45) is 0 Å². The van der Waals surface area contributed by atoms with Crippen LogP contribution in [0.1, 0.15) is 10.4 Å². The molecule has 0 unspecified atom stereocenters. The first-order chi connectivity index (χ1) is 11.6. The number of hydrogen-bond donors (Lipinski definition) is 0. The zero-order valence-electron chi connectivity index (χ0n) is 13.2. The molecule has 0 radical (unpaired) electrons. The van der Waals surface area contributed by atoms with Crippen LogP contribution in [0.25, 0.3) is 0 Å². The molecule has 2 heterocycles. The van der Waals surface area contributed by atoms with Gasteiger partial charge >= 0.3 is 6.03 Å². The predicted molar refractivity (Wildman–Crippen MR) is 89.4 cm³/mol. The van der Waals surface area contributed by atoms with Crippen molar-refractivity contribution in [1.82, 2.24) is 14.7 Å². The summed E-state index contributed by atoms with van der Waals surface area (Å²) in [5.74, 6) is -0.664. The molecule has 6 nitrogen and oxygen atoms in total. The minimum atomic E-state index is -0.442. The molecule has 1 aromatic rings. The van der Waals surface area contributed by atoms with Gasteiger partial charge in [0, 0.05) is 43.7 Å². The normalized spacial score (nSPS) is 18.7. The average molecular weight is 400 g/mol. The molecule has 0 N–H and O–H groups in total. The number of urea groups is 1. The SMILES string of the molecule is O=C(c1cc(F)ccc1Br)N1CCN(C(=O)N2CCOCC2)CC1. The van der Waals surface area contributed by atoms with Gasteiger partial charge in [-0.1, -0.05) is 0 Å². The Hall–Kier alpha value is -1.67. The van der Waals surface area contributed by atoms with Gasteiger partial charge in [-0.05, 0) is 34.1 Å². The van der Waals surface area contributed by atoms with Crippen LogP contribution in [0.2, 0.25) is 0 Å². The van der Waals surface area contributed by atoms with E-state index in [1.54, 1.807) is 14.7 Å². The second-order valence-electron chi connectivity index (χ2n) is 5.79. The molecule has 2 saturated heterocycles. The molecule has 0 atom stereocenters. The van der Waals surface area contributed by atoms with Gasteiger partial charge in [-0.15, -0.1) is 0 Å². The van der Waals surface area contributed by atoms with Crippen LogP contribution in [0.3, 0.4) is 0 Å². The highest BCUT2D eigenvalue weighted by Crippen LogP contribution is 2.20. The fourth-order valence-corrected chi connectivity index (χ4v) is 3.30. The minimum absolute atomic E-state index is 0.00247. The third kappa shape index (κ3) is 3.70. The Morgan fingerprint density at radius 1 is 0.958 bits per heavy atom. The van der Waals surface area contributed by atoms with Gasteiger partial charge in [0.25, 0.3) is 5.91 Å². The summed E-state index contributed by atoms with van der Waals surface area (Å²) in [5.41, 5.74) is 0.308. The molecule has 3 rings (SSSR count). The summed E-state index contributed by atoms with van der Waals surface area (Å²) in [6.45, 7) is 4.19. The average Bonchev–Trinajstić information content (AvgIpc) is 2.63. The van der Waals surface area contributed by atoms with E-state index >= 15 is 0 Å². The van der Waals surface area contributed by atoms with Crippen molar-refractivity contribution in [1.29, 1.82) is 0 Å². The Labute approximate surface area is 148 Å². The highest BCUT2D eigenvalue weighted by Gasteiger charge is 2.29. The van der Waals surface area contributed by atoms with Gasteiger partial charge in [0.15, 0.2) is 0 Å². The molecule has 0 aliphatic carbocycles. The number of amides is 3. The van der Waals surface area contributed by atoms with Crippen molar-refractivity contribution >= 4 is 27.9 Å². The van der Waals surface area contributed by atoms with E-state index in [4.69, 9.17) is 4.74 Å². The molecular formula is C16H19BrFN3O3.